The highest BCUT2D eigenvalue weighted by molar-refractivity contribution is 5.85. The van der Waals surface area contributed by atoms with Crippen LogP contribution in [0.5, 0.6) is 0 Å². The molecule has 124 valence electrons. The summed E-state index contributed by atoms with van der Waals surface area (Å²) in [4.78, 5) is 26.4. The fourth-order valence-corrected chi connectivity index (χ4v) is 3.86. The van der Waals surface area contributed by atoms with Crippen molar-refractivity contribution < 1.29 is 19.4 Å². The molecule has 1 aliphatic heterocycles. The first kappa shape index (κ1) is 15.8. The zero-order valence-corrected chi connectivity index (χ0v) is 13.2. The monoisotopic (exact) mass is 309 g/mol. The summed E-state index contributed by atoms with van der Waals surface area (Å²) in [6.45, 7) is 2.23. The highest BCUT2D eigenvalue weighted by Crippen LogP contribution is 2.35. The van der Waals surface area contributed by atoms with Crippen molar-refractivity contribution in [2.75, 3.05) is 19.7 Å². The number of nitrogens with zero attached hydrogens (tertiary/aromatic N) is 1. The Morgan fingerprint density at radius 1 is 0.955 bits per heavy atom. The van der Waals surface area contributed by atoms with E-state index in [1.807, 2.05) is 4.90 Å². The lowest BCUT2D eigenvalue weighted by Gasteiger charge is -2.34. The summed E-state index contributed by atoms with van der Waals surface area (Å²) in [5, 5.41) is 9.42. The maximum Gasteiger partial charge on any atom is 0.307 e. The summed E-state index contributed by atoms with van der Waals surface area (Å²) in [5.74, 6) is -0.938. The Kier molecular flexibility index (Phi) is 5.01. The van der Waals surface area contributed by atoms with Crippen LogP contribution in [0.2, 0.25) is 0 Å². The number of hydrogen-bond donors (Lipinski definition) is 1. The SMILES string of the molecule is O=C(O)C1CCCCC1C(=O)N(CC1CC1)CC1CCCO1. The number of hydrogen-bond acceptors (Lipinski definition) is 3. The van der Waals surface area contributed by atoms with Crippen molar-refractivity contribution in [3.8, 4) is 0 Å². The summed E-state index contributed by atoms with van der Waals surface area (Å²) in [5.41, 5.74) is 0. The molecule has 3 unspecified atom stereocenters. The van der Waals surface area contributed by atoms with Gasteiger partial charge in [0.05, 0.1) is 17.9 Å². The fourth-order valence-electron chi connectivity index (χ4n) is 3.86. The van der Waals surface area contributed by atoms with Crippen LogP contribution in [-0.2, 0) is 14.3 Å². The second-order valence-electron chi connectivity index (χ2n) is 7.16. The number of carbonyl (C=O) groups is 2. The van der Waals surface area contributed by atoms with Gasteiger partial charge in [0.1, 0.15) is 0 Å². The normalized spacial score (nSPS) is 31.9. The van der Waals surface area contributed by atoms with Gasteiger partial charge in [0.15, 0.2) is 0 Å². The lowest BCUT2D eigenvalue weighted by molar-refractivity contribution is -0.153. The van der Waals surface area contributed by atoms with Crippen molar-refractivity contribution in [2.24, 2.45) is 17.8 Å². The van der Waals surface area contributed by atoms with Gasteiger partial charge in [0.25, 0.3) is 0 Å². The van der Waals surface area contributed by atoms with Gasteiger partial charge in [-0.15, -0.1) is 0 Å². The molecular formula is C17H27NO4. The number of carbonyl (C=O) groups excluding carboxylic acids is 1. The zero-order valence-electron chi connectivity index (χ0n) is 13.2. The number of amides is 1. The minimum absolute atomic E-state index is 0.0644. The molecule has 5 heteroatoms. The van der Waals surface area contributed by atoms with Gasteiger partial charge in [-0.25, -0.2) is 0 Å². The van der Waals surface area contributed by atoms with E-state index in [4.69, 9.17) is 4.74 Å². The molecule has 0 aromatic rings. The maximum absolute atomic E-state index is 13.0. The Balaban J connectivity index is 1.67. The molecule has 0 bridgehead atoms. The Morgan fingerprint density at radius 2 is 1.68 bits per heavy atom. The molecule has 3 aliphatic rings. The van der Waals surface area contributed by atoms with Crippen molar-refractivity contribution in [2.45, 2.75) is 57.5 Å². The topological polar surface area (TPSA) is 66.8 Å². The second-order valence-corrected chi connectivity index (χ2v) is 7.16. The fraction of sp³-hybridized carbons (Fsp3) is 0.882. The molecule has 1 heterocycles. The molecule has 0 radical (unpaired) electrons. The van der Waals surface area contributed by atoms with E-state index < -0.39 is 11.9 Å². The van der Waals surface area contributed by atoms with Crippen LogP contribution in [0.1, 0.15) is 51.4 Å². The van der Waals surface area contributed by atoms with E-state index in [-0.39, 0.29) is 17.9 Å². The molecule has 2 aliphatic carbocycles. The van der Waals surface area contributed by atoms with Gasteiger partial charge in [-0.1, -0.05) is 12.8 Å². The molecule has 1 amide bonds. The molecule has 0 spiro atoms. The molecule has 0 aromatic carbocycles. The van der Waals surface area contributed by atoms with Crippen LogP contribution in [0.3, 0.4) is 0 Å². The summed E-state index contributed by atoms with van der Waals surface area (Å²) in [6.07, 6.45) is 7.89. The van der Waals surface area contributed by atoms with Gasteiger partial charge in [-0.3, -0.25) is 9.59 Å². The molecule has 3 atom stereocenters. The van der Waals surface area contributed by atoms with Gasteiger partial charge in [0.2, 0.25) is 5.91 Å². The van der Waals surface area contributed by atoms with Crippen LogP contribution in [-0.4, -0.2) is 47.7 Å². The molecular weight excluding hydrogens is 282 g/mol. The Labute approximate surface area is 132 Å². The van der Waals surface area contributed by atoms with Gasteiger partial charge in [0, 0.05) is 19.7 Å². The van der Waals surface area contributed by atoms with Gasteiger partial charge in [-0.05, 0) is 44.4 Å². The largest absolute Gasteiger partial charge is 0.481 e. The Morgan fingerprint density at radius 3 is 2.27 bits per heavy atom. The van der Waals surface area contributed by atoms with Crippen LogP contribution in [0.15, 0.2) is 0 Å². The third-order valence-electron chi connectivity index (χ3n) is 5.34. The quantitative estimate of drug-likeness (QED) is 0.817. The van der Waals surface area contributed by atoms with Crippen molar-refractivity contribution in [1.82, 2.24) is 4.90 Å². The molecule has 0 aromatic heterocycles. The van der Waals surface area contributed by atoms with E-state index in [1.165, 1.54) is 12.8 Å². The first-order chi connectivity index (χ1) is 10.6. The van der Waals surface area contributed by atoms with E-state index in [0.717, 1.165) is 45.3 Å². The molecule has 5 nitrogen and oxygen atoms in total. The smallest absolute Gasteiger partial charge is 0.307 e. The van der Waals surface area contributed by atoms with Crippen LogP contribution in [0.4, 0.5) is 0 Å². The lowest BCUT2D eigenvalue weighted by atomic mass is 9.78. The number of carboxylic acids is 1. The van der Waals surface area contributed by atoms with Crippen molar-refractivity contribution in [1.29, 1.82) is 0 Å². The molecule has 1 saturated heterocycles. The molecule has 1 N–H and O–H groups in total. The highest BCUT2D eigenvalue weighted by Gasteiger charge is 2.39. The third kappa shape index (κ3) is 3.80. The summed E-state index contributed by atoms with van der Waals surface area (Å²) in [7, 11) is 0. The predicted molar refractivity (Wildman–Crippen MR) is 81.4 cm³/mol. The van der Waals surface area contributed by atoms with Gasteiger partial charge < -0.3 is 14.7 Å². The standard InChI is InChI=1S/C17H27NO4/c19-16(14-5-1-2-6-15(14)17(20)21)18(10-12-7-8-12)11-13-4-3-9-22-13/h12-15H,1-11H2,(H,20,21). The Hall–Kier alpha value is -1.10. The van der Waals surface area contributed by atoms with Crippen molar-refractivity contribution >= 4 is 11.9 Å². The number of ether oxygens (including phenoxy) is 1. The number of aliphatic carboxylic acids is 1. The summed E-state index contributed by atoms with van der Waals surface area (Å²) in [6, 6.07) is 0. The molecule has 3 rings (SSSR count). The molecule has 2 saturated carbocycles. The minimum Gasteiger partial charge on any atom is -0.481 e. The molecule has 22 heavy (non-hydrogen) atoms. The van der Waals surface area contributed by atoms with E-state index in [0.29, 0.717) is 18.9 Å². The number of rotatable bonds is 6. The van der Waals surface area contributed by atoms with E-state index >= 15 is 0 Å². The van der Waals surface area contributed by atoms with Crippen molar-refractivity contribution in [3.63, 3.8) is 0 Å². The summed E-state index contributed by atoms with van der Waals surface area (Å²) >= 11 is 0. The van der Waals surface area contributed by atoms with E-state index in [1.54, 1.807) is 0 Å². The van der Waals surface area contributed by atoms with E-state index in [9.17, 15) is 14.7 Å². The molecule has 3 fully saturated rings. The first-order valence-electron chi connectivity index (χ1n) is 8.78. The maximum atomic E-state index is 13.0. The zero-order chi connectivity index (χ0) is 15.5. The first-order valence-corrected chi connectivity index (χ1v) is 8.78. The van der Waals surface area contributed by atoms with Gasteiger partial charge >= 0.3 is 5.97 Å². The average molecular weight is 309 g/mol. The van der Waals surface area contributed by atoms with Crippen LogP contribution in [0, 0.1) is 17.8 Å². The van der Waals surface area contributed by atoms with Crippen LogP contribution in [0.25, 0.3) is 0 Å². The van der Waals surface area contributed by atoms with Crippen LogP contribution >= 0.6 is 0 Å². The predicted octanol–water partition coefficient (Wildman–Crippen LogP) is 2.30. The van der Waals surface area contributed by atoms with E-state index in [2.05, 4.69) is 0 Å². The number of carboxylic acid groups (broad SMARTS) is 1. The van der Waals surface area contributed by atoms with Crippen LogP contribution < -0.4 is 0 Å². The average Bonchev–Trinajstić information content (AvgIpc) is 3.19. The second kappa shape index (κ2) is 6.99. The van der Waals surface area contributed by atoms with Gasteiger partial charge in [-0.2, -0.15) is 0 Å². The minimum atomic E-state index is -0.804. The Bertz CT molecular complexity index is 415. The van der Waals surface area contributed by atoms with Crippen molar-refractivity contribution in [3.05, 3.63) is 0 Å². The highest BCUT2D eigenvalue weighted by atomic mass is 16.5. The summed E-state index contributed by atoms with van der Waals surface area (Å²) < 4.78 is 5.69. The third-order valence-corrected chi connectivity index (χ3v) is 5.34. The lowest BCUT2D eigenvalue weighted by Crippen LogP contribution is -2.46.